The van der Waals surface area contributed by atoms with Crippen LogP contribution in [0, 0.1) is 17.1 Å². The van der Waals surface area contributed by atoms with Crippen molar-refractivity contribution in [1.82, 2.24) is 14.3 Å². The highest BCUT2D eigenvalue weighted by atomic mass is 32.2. The van der Waals surface area contributed by atoms with E-state index in [2.05, 4.69) is 9.71 Å². The van der Waals surface area contributed by atoms with E-state index in [0.29, 0.717) is 31.6 Å². The van der Waals surface area contributed by atoms with Gasteiger partial charge < -0.3 is 14.0 Å². The quantitative estimate of drug-likeness (QED) is 0.259. The summed E-state index contributed by atoms with van der Waals surface area (Å²) in [6.45, 7) is 12.7. The first-order valence-corrected chi connectivity index (χ1v) is 14.6. The first-order chi connectivity index (χ1) is 18.7. The van der Waals surface area contributed by atoms with E-state index >= 15 is 0 Å². The number of unbranched alkanes of at least 4 members (excludes halogenated alkanes) is 1. The molecule has 2 aromatic carbocycles. The molecule has 2 unspecified atom stereocenters. The van der Waals surface area contributed by atoms with E-state index in [0.717, 1.165) is 23.4 Å². The number of hydrogen-bond acceptors (Lipinski definition) is 5. The minimum absolute atomic E-state index is 0.0371. The van der Waals surface area contributed by atoms with Crippen molar-refractivity contribution in [3.8, 4) is 11.8 Å². The number of rotatable bonds is 12. The van der Waals surface area contributed by atoms with Crippen LogP contribution in [0.2, 0.25) is 0 Å². The van der Waals surface area contributed by atoms with Crippen molar-refractivity contribution in [2.75, 3.05) is 6.61 Å². The topological polar surface area (TPSA) is 89.2 Å². The zero-order chi connectivity index (χ0) is 29.6. The highest BCUT2D eigenvalue weighted by molar-refractivity contribution is 7.84. The molecule has 0 saturated carbocycles. The summed E-state index contributed by atoms with van der Waals surface area (Å²) in [5, 5.41) is 9.27. The number of nitriles is 1. The summed E-state index contributed by atoms with van der Waals surface area (Å²) < 4.78 is 44.9. The fraction of sp³-hybridized carbons (Fsp3) is 0.484. The fourth-order valence-electron chi connectivity index (χ4n) is 4.37. The predicted octanol–water partition coefficient (Wildman–Crippen LogP) is 6.29. The van der Waals surface area contributed by atoms with Crippen LogP contribution in [-0.2, 0) is 34.9 Å². The smallest absolute Gasteiger partial charge is 0.141 e. The Morgan fingerprint density at radius 1 is 1.10 bits per heavy atom. The van der Waals surface area contributed by atoms with Gasteiger partial charge in [0.15, 0.2) is 0 Å². The van der Waals surface area contributed by atoms with Crippen LogP contribution in [0.15, 0.2) is 55.0 Å². The van der Waals surface area contributed by atoms with Crippen molar-refractivity contribution >= 4 is 11.0 Å². The molecule has 0 amide bonds. The van der Waals surface area contributed by atoms with Crippen molar-refractivity contribution in [2.45, 2.75) is 83.3 Å². The van der Waals surface area contributed by atoms with E-state index in [9.17, 15) is 13.9 Å². The molecule has 2 atom stereocenters. The van der Waals surface area contributed by atoms with Crippen LogP contribution in [0.1, 0.15) is 83.2 Å². The third-order valence-electron chi connectivity index (χ3n) is 6.34. The fourth-order valence-corrected chi connectivity index (χ4v) is 5.32. The standard InChI is InChI=1S/C31H41FN4O3S/c1-29(2,3)39-26-12-10-11-23(17-26)21-38-16-9-8-15-31(28-20-34-22-36(28)7,35-40(37)30(4,5)6)25-14-13-24(19-33)27(32)18-25/h10-14,17-18,20,22,35H,8-9,15-16,21H2,1-7H3. The first kappa shape index (κ1) is 31.5. The molecule has 216 valence electrons. The Bertz CT molecular complexity index is 1350. The van der Waals surface area contributed by atoms with Gasteiger partial charge in [-0.2, -0.15) is 5.26 Å². The Labute approximate surface area is 240 Å². The molecule has 40 heavy (non-hydrogen) atoms. The summed E-state index contributed by atoms with van der Waals surface area (Å²) in [7, 11) is 0.381. The van der Waals surface area contributed by atoms with Gasteiger partial charge in [0.2, 0.25) is 0 Å². The molecule has 3 rings (SSSR count). The van der Waals surface area contributed by atoms with Gasteiger partial charge in [0.25, 0.3) is 0 Å². The Kier molecular flexibility index (Phi) is 10.3. The molecular weight excluding hydrogens is 527 g/mol. The highest BCUT2D eigenvalue weighted by Crippen LogP contribution is 2.37. The zero-order valence-electron chi connectivity index (χ0n) is 24.6. The third kappa shape index (κ3) is 8.23. The number of nitrogens with one attached hydrogen (secondary N) is 1. The van der Waals surface area contributed by atoms with Gasteiger partial charge >= 0.3 is 0 Å². The van der Waals surface area contributed by atoms with Gasteiger partial charge in [-0.3, -0.25) is 0 Å². The van der Waals surface area contributed by atoms with Crippen molar-refractivity contribution < 1.29 is 18.1 Å². The molecule has 0 bridgehead atoms. The van der Waals surface area contributed by atoms with E-state index in [1.54, 1.807) is 18.6 Å². The maximum absolute atomic E-state index is 14.9. The van der Waals surface area contributed by atoms with Crippen LogP contribution in [0.3, 0.4) is 0 Å². The molecule has 0 spiro atoms. The second kappa shape index (κ2) is 13.1. The van der Waals surface area contributed by atoms with Crippen molar-refractivity contribution in [3.05, 3.63) is 83.2 Å². The third-order valence-corrected chi connectivity index (χ3v) is 7.99. The molecular formula is C31H41FN4O3S. The molecule has 0 fully saturated rings. The number of nitrogens with zero attached hydrogens (tertiary/aromatic N) is 3. The molecule has 0 aliphatic carbocycles. The lowest BCUT2D eigenvalue weighted by Gasteiger charge is -2.37. The van der Waals surface area contributed by atoms with E-state index in [-0.39, 0.29) is 11.2 Å². The summed E-state index contributed by atoms with van der Waals surface area (Å²) in [6, 6.07) is 14.3. The molecule has 0 aliphatic heterocycles. The van der Waals surface area contributed by atoms with Crippen LogP contribution in [0.5, 0.6) is 5.75 Å². The largest absolute Gasteiger partial charge is 0.488 e. The van der Waals surface area contributed by atoms with Crippen LogP contribution in [0.25, 0.3) is 0 Å². The summed E-state index contributed by atoms with van der Waals surface area (Å²) in [4.78, 5) is 4.30. The summed E-state index contributed by atoms with van der Waals surface area (Å²) in [5.41, 5.74) is 1.05. The number of hydrogen-bond donors (Lipinski definition) is 1. The van der Waals surface area contributed by atoms with Crippen molar-refractivity contribution in [2.24, 2.45) is 7.05 Å². The van der Waals surface area contributed by atoms with Gasteiger partial charge in [0, 0.05) is 13.7 Å². The lowest BCUT2D eigenvalue weighted by molar-refractivity contribution is 0.113. The predicted molar refractivity (Wildman–Crippen MR) is 156 cm³/mol. The minimum atomic E-state index is -1.48. The maximum Gasteiger partial charge on any atom is 0.141 e. The van der Waals surface area contributed by atoms with Gasteiger partial charge in [-0.25, -0.2) is 18.3 Å². The van der Waals surface area contributed by atoms with Crippen molar-refractivity contribution in [1.29, 1.82) is 5.26 Å². The number of benzene rings is 2. The average molecular weight is 569 g/mol. The highest BCUT2D eigenvalue weighted by Gasteiger charge is 2.40. The van der Waals surface area contributed by atoms with Crippen LogP contribution >= 0.6 is 0 Å². The lowest BCUT2D eigenvalue weighted by atomic mass is 9.82. The van der Waals surface area contributed by atoms with Gasteiger partial charge in [0.1, 0.15) is 23.2 Å². The Morgan fingerprint density at radius 2 is 1.85 bits per heavy atom. The summed E-state index contributed by atoms with van der Waals surface area (Å²) in [6.07, 6.45) is 5.34. The molecule has 0 radical (unpaired) electrons. The van der Waals surface area contributed by atoms with E-state index in [4.69, 9.17) is 9.47 Å². The normalized spacial score (nSPS) is 14.4. The Hall–Kier alpha value is -3.06. The maximum atomic E-state index is 14.9. The molecule has 7 nitrogen and oxygen atoms in total. The van der Waals surface area contributed by atoms with Gasteiger partial charge in [-0.15, -0.1) is 0 Å². The second-order valence-corrected chi connectivity index (χ2v) is 13.9. The second-order valence-electron chi connectivity index (χ2n) is 12.0. The molecule has 0 aliphatic rings. The minimum Gasteiger partial charge on any atom is -0.488 e. The molecule has 1 heterocycles. The van der Waals surface area contributed by atoms with Crippen molar-refractivity contribution in [3.63, 3.8) is 0 Å². The number of ether oxygens (including phenoxy) is 2. The number of aryl methyl sites for hydroxylation is 1. The Morgan fingerprint density at radius 3 is 2.45 bits per heavy atom. The molecule has 3 aromatic rings. The lowest BCUT2D eigenvalue weighted by Crippen LogP contribution is -2.50. The van der Waals surface area contributed by atoms with E-state index in [1.165, 1.54) is 12.1 Å². The average Bonchev–Trinajstić information content (AvgIpc) is 3.30. The SMILES string of the molecule is Cn1cncc1C(CCCCOCc1cccc(OC(C)(C)C)c1)(NS(=O)C(C)(C)C)c1ccc(C#N)c(F)c1. The number of halogens is 1. The van der Waals surface area contributed by atoms with Crippen LogP contribution in [-0.4, -0.2) is 30.7 Å². The van der Waals surface area contributed by atoms with Gasteiger partial charge in [-0.05, 0) is 96.2 Å². The van der Waals surface area contributed by atoms with Gasteiger partial charge in [0.05, 0.1) is 51.7 Å². The monoisotopic (exact) mass is 568 g/mol. The summed E-state index contributed by atoms with van der Waals surface area (Å²) >= 11 is 0. The summed E-state index contributed by atoms with van der Waals surface area (Å²) in [5.74, 6) is 0.193. The van der Waals surface area contributed by atoms with Crippen LogP contribution < -0.4 is 9.46 Å². The van der Waals surface area contributed by atoms with Crippen LogP contribution in [0.4, 0.5) is 4.39 Å². The molecule has 9 heteroatoms. The van der Waals surface area contributed by atoms with E-state index in [1.807, 2.05) is 83.5 Å². The molecule has 1 aromatic heterocycles. The number of aromatic nitrogens is 2. The first-order valence-electron chi connectivity index (χ1n) is 13.5. The molecule has 1 N–H and O–H groups in total. The Balaban J connectivity index is 1.79. The molecule has 0 saturated heterocycles. The zero-order valence-corrected chi connectivity index (χ0v) is 25.4. The van der Waals surface area contributed by atoms with E-state index < -0.39 is 27.1 Å². The van der Waals surface area contributed by atoms with Gasteiger partial charge in [-0.1, -0.05) is 18.2 Å². The number of imidazole rings is 1.